The Morgan fingerprint density at radius 1 is 1.32 bits per heavy atom. The van der Waals surface area contributed by atoms with E-state index in [1.807, 2.05) is 18.2 Å². The van der Waals surface area contributed by atoms with Crippen LogP contribution in [0.5, 0.6) is 0 Å². The maximum Gasteiger partial charge on any atom is 0.317 e. The lowest BCUT2D eigenvalue weighted by Crippen LogP contribution is -2.22. The maximum atomic E-state index is 11.5. The van der Waals surface area contributed by atoms with E-state index in [9.17, 15) is 9.59 Å². The Kier molecular flexibility index (Phi) is 4.38. The molecule has 25 heavy (non-hydrogen) atoms. The fourth-order valence-corrected chi connectivity index (χ4v) is 2.82. The first-order valence-corrected chi connectivity index (χ1v) is 7.85. The summed E-state index contributed by atoms with van der Waals surface area (Å²) in [7, 11) is 0. The van der Waals surface area contributed by atoms with Crippen molar-refractivity contribution in [2.45, 2.75) is 19.3 Å². The van der Waals surface area contributed by atoms with Crippen LogP contribution in [0.4, 0.5) is 10.6 Å². The summed E-state index contributed by atoms with van der Waals surface area (Å²) in [5.41, 5.74) is 13.8. The Bertz CT molecular complexity index is 895. The van der Waals surface area contributed by atoms with Gasteiger partial charge in [0, 0.05) is 12.1 Å². The molecule has 2 aromatic rings. The van der Waals surface area contributed by atoms with Gasteiger partial charge in [-0.1, -0.05) is 42.0 Å². The van der Waals surface area contributed by atoms with Crippen LogP contribution in [0.1, 0.15) is 33.8 Å². The number of allylic oxidation sites excluding steroid dienone is 4. The van der Waals surface area contributed by atoms with Crippen molar-refractivity contribution in [3.8, 4) is 0 Å². The van der Waals surface area contributed by atoms with Gasteiger partial charge in [-0.3, -0.25) is 10.1 Å². The van der Waals surface area contributed by atoms with E-state index in [0.717, 1.165) is 12.1 Å². The Balaban J connectivity index is 1.83. The van der Waals surface area contributed by atoms with E-state index in [0.29, 0.717) is 0 Å². The van der Waals surface area contributed by atoms with Crippen LogP contribution in [0, 0.1) is 6.92 Å². The van der Waals surface area contributed by atoms with Crippen molar-refractivity contribution in [3.63, 3.8) is 0 Å². The highest BCUT2D eigenvalue weighted by Crippen LogP contribution is 2.29. The molecule has 1 aliphatic carbocycles. The van der Waals surface area contributed by atoms with Crippen LogP contribution in [0.3, 0.4) is 0 Å². The average molecular weight is 337 g/mol. The minimum Gasteiger partial charge on any atom is -0.365 e. The predicted molar refractivity (Wildman–Crippen MR) is 95.9 cm³/mol. The van der Waals surface area contributed by atoms with Crippen molar-refractivity contribution in [2.24, 2.45) is 11.5 Å². The van der Waals surface area contributed by atoms with Crippen LogP contribution in [-0.2, 0) is 0 Å². The van der Waals surface area contributed by atoms with Gasteiger partial charge in [0.2, 0.25) is 0 Å². The van der Waals surface area contributed by atoms with Crippen LogP contribution < -0.4 is 16.8 Å². The van der Waals surface area contributed by atoms with E-state index >= 15 is 0 Å². The number of urea groups is 1. The minimum absolute atomic E-state index is 0.0510. The van der Waals surface area contributed by atoms with Gasteiger partial charge < -0.3 is 11.5 Å². The van der Waals surface area contributed by atoms with Crippen LogP contribution in [-0.4, -0.2) is 21.7 Å². The van der Waals surface area contributed by atoms with Gasteiger partial charge in [0.25, 0.3) is 5.91 Å². The lowest BCUT2D eigenvalue weighted by molar-refractivity contribution is 0.100. The van der Waals surface area contributed by atoms with Gasteiger partial charge >= 0.3 is 6.03 Å². The smallest absolute Gasteiger partial charge is 0.317 e. The highest BCUT2D eigenvalue weighted by atomic mass is 16.2. The molecule has 1 aliphatic rings. The van der Waals surface area contributed by atoms with E-state index < -0.39 is 11.9 Å². The second kappa shape index (κ2) is 6.64. The fourth-order valence-electron chi connectivity index (χ4n) is 2.82. The van der Waals surface area contributed by atoms with Gasteiger partial charge in [0.05, 0.1) is 5.70 Å². The van der Waals surface area contributed by atoms with Gasteiger partial charge in [-0.05, 0) is 25.0 Å². The van der Waals surface area contributed by atoms with Gasteiger partial charge in [-0.25, -0.2) is 9.48 Å². The van der Waals surface area contributed by atoms with Crippen molar-refractivity contribution < 1.29 is 9.59 Å². The monoisotopic (exact) mass is 337 g/mol. The highest BCUT2D eigenvalue weighted by Gasteiger charge is 2.18. The molecule has 1 atom stereocenters. The summed E-state index contributed by atoms with van der Waals surface area (Å²) in [6, 6.07) is 7.59. The molecule has 1 aromatic heterocycles. The number of anilines is 1. The van der Waals surface area contributed by atoms with Crippen molar-refractivity contribution in [3.05, 3.63) is 65.4 Å². The molecule has 128 valence electrons. The zero-order valence-electron chi connectivity index (χ0n) is 13.8. The number of aromatic nitrogens is 2. The number of nitrogens with one attached hydrogen (secondary N) is 1. The Morgan fingerprint density at radius 3 is 2.72 bits per heavy atom. The van der Waals surface area contributed by atoms with Crippen molar-refractivity contribution in [1.29, 1.82) is 0 Å². The fraction of sp³-hybridized carbons (Fsp3) is 0.167. The molecule has 3 amide bonds. The molecule has 3 rings (SSSR count). The van der Waals surface area contributed by atoms with E-state index in [1.54, 1.807) is 0 Å². The first-order valence-electron chi connectivity index (χ1n) is 7.85. The lowest BCUT2D eigenvalue weighted by atomic mass is 9.91. The van der Waals surface area contributed by atoms with Crippen LogP contribution in [0.2, 0.25) is 0 Å². The molecular formula is C18H19N5O2. The van der Waals surface area contributed by atoms with Crippen molar-refractivity contribution in [2.75, 3.05) is 5.32 Å². The number of nitrogens with two attached hydrogens (primary N) is 2. The number of primary amides is 2. The second-order valence-electron chi connectivity index (χ2n) is 5.93. The first-order chi connectivity index (χ1) is 11.9. The van der Waals surface area contributed by atoms with Gasteiger partial charge in [0.1, 0.15) is 5.56 Å². The molecule has 0 saturated heterocycles. The van der Waals surface area contributed by atoms with Crippen molar-refractivity contribution >= 4 is 23.5 Å². The first kappa shape index (κ1) is 16.5. The summed E-state index contributed by atoms with van der Waals surface area (Å²) >= 11 is 0. The third kappa shape index (κ3) is 3.60. The normalized spacial score (nSPS) is 16.4. The quantitative estimate of drug-likeness (QED) is 0.795. The molecule has 1 heterocycles. The van der Waals surface area contributed by atoms with Crippen LogP contribution in [0.25, 0.3) is 5.70 Å². The zero-order chi connectivity index (χ0) is 18.0. The lowest BCUT2D eigenvalue weighted by Gasteiger charge is -2.17. The van der Waals surface area contributed by atoms with E-state index in [1.165, 1.54) is 22.0 Å². The summed E-state index contributed by atoms with van der Waals surface area (Å²) in [5, 5.41) is 6.50. The molecule has 0 radical (unpaired) electrons. The summed E-state index contributed by atoms with van der Waals surface area (Å²) in [5.74, 6) is -0.346. The molecule has 5 N–H and O–H groups in total. The number of carbonyl (C=O) groups excluding carboxylic acids is 2. The predicted octanol–water partition coefficient (Wildman–Crippen LogP) is 2.37. The number of rotatable bonds is 4. The molecule has 0 fully saturated rings. The average Bonchev–Trinajstić information content (AvgIpc) is 2.98. The number of hydrogen-bond acceptors (Lipinski definition) is 3. The van der Waals surface area contributed by atoms with E-state index in [4.69, 9.17) is 11.5 Å². The largest absolute Gasteiger partial charge is 0.365 e. The van der Waals surface area contributed by atoms with Crippen molar-refractivity contribution in [1.82, 2.24) is 9.78 Å². The summed E-state index contributed by atoms with van der Waals surface area (Å²) in [6.07, 6.45) is 8.34. The van der Waals surface area contributed by atoms with Gasteiger partial charge in [-0.2, -0.15) is 0 Å². The topological polar surface area (TPSA) is 116 Å². The SMILES string of the molecule is Cc1cccc(C2C=CC(n3cc(C(N)=O)c(NC(N)=O)n3)=CC2)c1. The number of hydrogen-bond donors (Lipinski definition) is 3. The third-order valence-electron chi connectivity index (χ3n) is 4.04. The van der Waals surface area contributed by atoms with Crippen LogP contribution >= 0.6 is 0 Å². The summed E-state index contributed by atoms with van der Waals surface area (Å²) in [4.78, 5) is 22.5. The van der Waals surface area contributed by atoms with Crippen LogP contribution in [0.15, 0.2) is 48.7 Å². The summed E-state index contributed by atoms with van der Waals surface area (Å²) < 4.78 is 1.51. The Labute approximate surface area is 145 Å². The molecule has 0 spiro atoms. The van der Waals surface area contributed by atoms with E-state index in [2.05, 4.69) is 41.6 Å². The number of nitrogens with zero attached hydrogens (tertiary/aromatic N) is 2. The summed E-state index contributed by atoms with van der Waals surface area (Å²) in [6.45, 7) is 2.07. The minimum atomic E-state index is -0.805. The molecular weight excluding hydrogens is 318 g/mol. The van der Waals surface area contributed by atoms with E-state index in [-0.39, 0.29) is 17.3 Å². The van der Waals surface area contributed by atoms with Gasteiger partial charge in [0.15, 0.2) is 5.82 Å². The molecule has 1 aromatic carbocycles. The molecule has 7 nitrogen and oxygen atoms in total. The molecule has 0 bridgehead atoms. The third-order valence-corrected chi connectivity index (χ3v) is 4.04. The molecule has 1 unspecified atom stereocenters. The molecule has 0 saturated carbocycles. The maximum absolute atomic E-state index is 11.5. The molecule has 7 heteroatoms. The van der Waals surface area contributed by atoms with Gasteiger partial charge in [-0.15, -0.1) is 5.10 Å². The second-order valence-corrected chi connectivity index (χ2v) is 5.93. The number of benzene rings is 1. The highest BCUT2D eigenvalue weighted by molar-refractivity contribution is 6.01. The molecule has 0 aliphatic heterocycles. The standard InChI is InChI=1S/C18H19N5O2/c1-11-3-2-4-13(9-11)12-5-7-14(8-6-12)23-10-15(16(19)24)17(22-23)21-18(20)25/h2-5,7-10,12H,6H2,1H3,(H2,19,24)(H3,20,21,22,25). The number of aryl methyl sites for hydroxylation is 1. The number of amides is 3. The Hall–Kier alpha value is -3.35. The number of carbonyl (C=O) groups is 2. The Morgan fingerprint density at radius 2 is 2.12 bits per heavy atom. The zero-order valence-corrected chi connectivity index (χ0v) is 13.8.